The van der Waals surface area contributed by atoms with E-state index in [0.717, 1.165) is 24.8 Å². The number of methoxy groups -OCH3 is 2. The highest BCUT2D eigenvalue weighted by molar-refractivity contribution is 5.81. The fourth-order valence-corrected chi connectivity index (χ4v) is 2.96. The Bertz CT molecular complexity index is 763. The molecule has 1 amide bonds. The fourth-order valence-electron chi connectivity index (χ4n) is 2.96. The van der Waals surface area contributed by atoms with Crippen molar-refractivity contribution in [3.8, 4) is 22.9 Å². The zero-order valence-electron chi connectivity index (χ0n) is 16.4. The molecular formula is C20H27N3O4. The molecule has 1 fully saturated rings. The van der Waals surface area contributed by atoms with Gasteiger partial charge in [0.15, 0.2) is 0 Å². The minimum atomic E-state index is 0.210. The minimum absolute atomic E-state index is 0.210. The van der Waals surface area contributed by atoms with E-state index in [9.17, 15) is 4.79 Å². The lowest BCUT2D eigenvalue weighted by atomic mass is 10.2. The SMILES string of the molecule is CC[C@@H](C)N(CCc1nc(-c2cc(OC)cc(OC)c2)no1)C(=O)C1CC1. The van der Waals surface area contributed by atoms with Gasteiger partial charge in [-0.15, -0.1) is 0 Å². The number of amides is 1. The van der Waals surface area contributed by atoms with Crippen molar-refractivity contribution in [2.24, 2.45) is 5.92 Å². The molecule has 0 N–H and O–H groups in total. The lowest BCUT2D eigenvalue weighted by molar-refractivity contribution is -0.134. The molecule has 7 nitrogen and oxygen atoms in total. The molecule has 1 saturated carbocycles. The molecule has 27 heavy (non-hydrogen) atoms. The third kappa shape index (κ3) is 4.59. The molecular weight excluding hydrogens is 346 g/mol. The Morgan fingerprint density at radius 3 is 2.48 bits per heavy atom. The van der Waals surface area contributed by atoms with Gasteiger partial charge in [0.1, 0.15) is 11.5 Å². The maximum absolute atomic E-state index is 12.5. The van der Waals surface area contributed by atoms with Gasteiger partial charge in [-0.2, -0.15) is 4.98 Å². The van der Waals surface area contributed by atoms with Gasteiger partial charge in [-0.3, -0.25) is 4.79 Å². The van der Waals surface area contributed by atoms with Crippen LogP contribution in [0.5, 0.6) is 11.5 Å². The van der Waals surface area contributed by atoms with Crippen molar-refractivity contribution in [2.45, 2.75) is 45.6 Å². The van der Waals surface area contributed by atoms with Crippen LogP contribution in [0.1, 0.15) is 39.0 Å². The van der Waals surface area contributed by atoms with Crippen molar-refractivity contribution < 1.29 is 18.8 Å². The second-order valence-corrected chi connectivity index (χ2v) is 6.93. The number of ether oxygens (including phenoxy) is 2. The van der Waals surface area contributed by atoms with E-state index in [1.54, 1.807) is 20.3 Å². The van der Waals surface area contributed by atoms with Crippen molar-refractivity contribution >= 4 is 5.91 Å². The standard InChI is InChI=1S/C20H27N3O4/c1-5-13(2)23(20(24)14-6-7-14)9-8-18-21-19(22-27-18)15-10-16(25-3)12-17(11-15)26-4/h10-14H,5-9H2,1-4H3/t13-/m1/s1. The molecule has 1 aliphatic rings. The van der Waals surface area contributed by atoms with Gasteiger partial charge < -0.3 is 18.9 Å². The van der Waals surface area contributed by atoms with Gasteiger partial charge in [0.05, 0.1) is 14.2 Å². The lowest BCUT2D eigenvalue weighted by Crippen LogP contribution is -2.40. The number of aromatic nitrogens is 2. The number of rotatable bonds is 9. The van der Waals surface area contributed by atoms with Crippen molar-refractivity contribution in [1.29, 1.82) is 0 Å². The summed E-state index contributed by atoms with van der Waals surface area (Å²) in [6, 6.07) is 5.67. The summed E-state index contributed by atoms with van der Waals surface area (Å²) in [6.07, 6.45) is 3.48. The first kappa shape index (κ1) is 19.2. The number of hydrogen-bond acceptors (Lipinski definition) is 6. The van der Waals surface area contributed by atoms with E-state index < -0.39 is 0 Å². The predicted octanol–water partition coefficient (Wildman–Crippen LogP) is 3.33. The van der Waals surface area contributed by atoms with E-state index in [1.165, 1.54) is 0 Å². The second-order valence-electron chi connectivity index (χ2n) is 6.93. The number of carbonyl (C=O) groups is 1. The maximum atomic E-state index is 12.5. The highest BCUT2D eigenvalue weighted by Gasteiger charge is 2.34. The first-order valence-corrected chi connectivity index (χ1v) is 9.42. The molecule has 0 unspecified atom stereocenters. The number of carbonyl (C=O) groups excluding carboxylic acids is 1. The van der Waals surface area contributed by atoms with E-state index in [0.29, 0.717) is 36.2 Å². The Balaban J connectivity index is 1.71. The lowest BCUT2D eigenvalue weighted by Gasteiger charge is -2.28. The molecule has 1 aromatic heterocycles. The molecule has 1 aromatic carbocycles. The topological polar surface area (TPSA) is 77.7 Å². The van der Waals surface area contributed by atoms with Crippen molar-refractivity contribution in [1.82, 2.24) is 15.0 Å². The van der Waals surface area contributed by atoms with Crippen molar-refractivity contribution in [3.63, 3.8) is 0 Å². The first-order valence-electron chi connectivity index (χ1n) is 9.42. The van der Waals surface area contributed by atoms with Gasteiger partial charge in [-0.25, -0.2) is 0 Å². The summed E-state index contributed by atoms with van der Waals surface area (Å²) in [4.78, 5) is 19.0. The molecule has 0 saturated heterocycles. The summed E-state index contributed by atoms with van der Waals surface area (Å²) >= 11 is 0. The monoisotopic (exact) mass is 373 g/mol. The van der Waals surface area contributed by atoms with Gasteiger partial charge in [-0.05, 0) is 38.3 Å². The van der Waals surface area contributed by atoms with E-state index in [4.69, 9.17) is 14.0 Å². The molecule has 1 atom stereocenters. The highest BCUT2D eigenvalue weighted by atomic mass is 16.5. The van der Waals surface area contributed by atoms with Crippen LogP contribution in [-0.2, 0) is 11.2 Å². The molecule has 0 radical (unpaired) electrons. The summed E-state index contributed by atoms with van der Waals surface area (Å²) in [5.74, 6) is 2.78. The number of benzene rings is 1. The van der Waals surface area contributed by atoms with E-state index in [1.807, 2.05) is 17.0 Å². The van der Waals surface area contributed by atoms with Crippen LogP contribution in [0.15, 0.2) is 22.7 Å². The first-order chi connectivity index (χ1) is 13.0. The van der Waals surface area contributed by atoms with Crippen LogP contribution in [0.25, 0.3) is 11.4 Å². The summed E-state index contributed by atoms with van der Waals surface area (Å²) < 4.78 is 16.0. The number of hydrogen-bond donors (Lipinski definition) is 0. The van der Waals surface area contributed by atoms with Gasteiger partial charge >= 0.3 is 0 Å². The molecule has 3 rings (SSSR count). The Labute approximate surface area is 159 Å². The Hall–Kier alpha value is -2.57. The largest absolute Gasteiger partial charge is 0.497 e. The Kier molecular flexibility index (Phi) is 5.98. The zero-order chi connectivity index (χ0) is 19.4. The van der Waals surface area contributed by atoms with Crippen LogP contribution in [0.3, 0.4) is 0 Å². The van der Waals surface area contributed by atoms with E-state index in [-0.39, 0.29) is 17.9 Å². The third-order valence-electron chi connectivity index (χ3n) is 4.98. The minimum Gasteiger partial charge on any atom is -0.497 e. The van der Waals surface area contributed by atoms with Crippen LogP contribution < -0.4 is 9.47 Å². The summed E-state index contributed by atoms with van der Waals surface area (Å²) in [7, 11) is 3.20. The fraction of sp³-hybridized carbons (Fsp3) is 0.550. The van der Waals surface area contributed by atoms with Crippen LogP contribution in [0.2, 0.25) is 0 Å². The van der Waals surface area contributed by atoms with Gasteiger partial charge in [0.25, 0.3) is 0 Å². The quantitative estimate of drug-likeness (QED) is 0.671. The van der Waals surface area contributed by atoms with Crippen LogP contribution >= 0.6 is 0 Å². The molecule has 2 aromatic rings. The smallest absolute Gasteiger partial charge is 0.228 e. The molecule has 146 valence electrons. The van der Waals surface area contributed by atoms with Gasteiger partial charge in [0, 0.05) is 36.6 Å². The molecule has 0 spiro atoms. The highest BCUT2D eigenvalue weighted by Crippen LogP contribution is 2.32. The summed E-state index contributed by atoms with van der Waals surface area (Å²) in [5.41, 5.74) is 0.758. The molecule has 7 heteroatoms. The number of nitrogens with zero attached hydrogens (tertiary/aromatic N) is 3. The van der Waals surface area contributed by atoms with Crippen LogP contribution in [0.4, 0.5) is 0 Å². The van der Waals surface area contributed by atoms with E-state index in [2.05, 4.69) is 24.0 Å². The molecule has 0 bridgehead atoms. The molecule has 1 heterocycles. The van der Waals surface area contributed by atoms with Crippen LogP contribution in [-0.4, -0.2) is 47.8 Å². The summed E-state index contributed by atoms with van der Waals surface area (Å²) in [5, 5.41) is 4.07. The average molecular weight is 373 g/mol. The average Bonchev–Trinajstić information content (AvgIpc) is 3.45. The Morgan fingerprint density at radius 2 is 1.93 bits per heavy atom. The van der Waals surface area contributed by atoms with Gasteiger partial charge in [0.2, 0.25) is 17.6 Å². The maximum Gasteiger partial charge on any atom is 0.228 e. The summed E-state index contributed by atoms with van der Waals surface area (Å²) in [6.45, 7) is 4.77. The third-order valence-corrected chi connectivity index (χ3v) is 4.98. The van der Waals surface area contributed by atoms with Gasteiger partial charge in [-0.1, -0.05) is 12.1 Å². The van der Waals surface area contributed by atoms with Crippen LogP contribution in [0, 0.1) is 5.92 Å². The Morgan fingerprint density at radius 1 is 1.26 bits per heavy atom. The van der Waals surface area contributed by atoms with Crippen molar-refractivity contribution in [2.75, 3.05) is 20.8 Å². The van der Waals surface area contributed by atoms with Crippen molar-refractivity contribution in [3.05, 3.63) is 24.1 Å². The molecule has 1 aliphatic carbocycles. The molecule has 0 aliphatic heterocycles. The normalized spacial score (nSPS) is 14.7. The zero-order valence-corrected chi connectivity index (χ0v) is 16.4. The second kappa shape index (κ2) is 8.41. The predicted molar refractivity (Wildman–Crippen MR) is 101 cm³/mol. The van der Waals surface area contributed by atoms with E-state index >= 15 is 0 Å².